The molecule has 94 valence electrons. The topological polar surface area (TPSA) is 12.5 Å². The first kappa shape index (κ1) is 12.4. The van der Waals surface area contributed by atoms with Crippen LogP contribution in [0.15, 0.2) is 0 Å². The molecule has 2 fully saturated rings. The third-order valence-electron chi connectivity index (χ3n) is 4.15. The fraction of sp³-hybridized carbons (Fsp3) is 1.00. The van der Waals surface area contributed by atoms with Crippen LogP contribution in [0.5, 0.6) is 0 Å². The molecule has 1 aliphatic heterocycles. The van der Waals surface area contributed by atoms with Crippen molar-refractivity contribution >= 4 is 0 Å². The Kier molecular flexibility index (Phi) is 5.11. The largest absolute Gasteiger partial charge is 0.378 e. The molecule has 0 spiro atoms. The molecule has 2 nitrogen and oxygen atoms in total. The highest BCUT2D eigenvalue weighted by Crippen LogP contribution is 2.25. The second-order valence-corrected chi connectivity index (χ2v) is 5.52. The molecule has 1 aliphatic carbocycles. The van der Waals surface area contributed by atoms with E-state index < -0.39 is 0 Å². The summed E-state index contributed by atoms with van der Waals surface area (Å²) in [6, 6.07) is 0. The van der Waals surface area contributed by atoms with Gasteiger partial charge in [0.15, 0.2) is 0 Å². The van der Waals surface area contributed by atoms with Crippen molar-refractivity contribution in [2.45, 2.75) is 58.0 Å². The van der Waals surface area contributed by atoms with Gasteiger partial charge < -0.3 is 9.64 Å². The highest BCUT2D eigenvalue weighted by molar-refractivity contribution is 4.74. The summed E-state index contributed by atoms with van der Waals surface area (Å²) >= 11 is 0. The Morgan fingerprint density at radius 2 is 1.88 bits per heavy atom. The average molecular weight is 225 g/mol. The molecule has 0 aromatic rings. The normalized spacial score (nSPS) is 24.6. The van der Waals surface area contributed by atoms with Crippen LogP contribution in [-0.4, -0.2) is 37.2 Å². The van der Waals surface area contributed by atoms with Gasteiger partial charge in [-0.3, -0.25) is 0 Å². The lowest BCUT2D eigenvalue weighted by Gasteiger charge is -2.33. The van der Waals surface area contributed by atoms with Crippen molar-refractivity contribution in [1.29, 1.82) is 0 Å². The summed E-state index contributed by atoms with van der Waals surface area (Å²) in [7, 11) is 0. The minimum absolute atomic E-state index is 0.623. The van der Waals surface area contributed by atoms with Crippen molar-refractivity contribution in [3.63, 3.8) is 0 Å². The Morgan fingerprint density at radius 3 is 2.44 bits per heavy atom. The number of hydrogen-bond donors (Lipinski definition) is 0. The maximum atomic E-state index is 5.92. The van der Waals surface area contributed by atoms with Gasteiger partial charge in [0.25, 0.3) is 0 Å². The van der Waals surface area contributed by atoms with Gasteiger partial charge in [-0.1, -0.05) is 13.3 Å². The summed E-state index contributed by atoms with van der Waals surface area (Å²) in [5.74, 6) is 0.846. The van der Waals surface area contributed by atoms with Crippen LogP contribution in [0.3, 0.4) is 0 Å². The molecule has 2 aliphatic rings. The molecule has 0 unspecified atom stereocenters. The van der Waals surface area contributed by atoms with E-state index >= 15 is 0 Å². The van der Waals surface area contributed by atoms with Crippen molar-refractivity contribution < 1.29 is 4.74 Å². The molecule has 0 amide bonds. The van der Waals surface area contributed by atoms with Gasteiger partial charge in [-0.2, -0.15) is 0 Å². The Morgan fingerprint density at radius 1 is 1.12 bits per heavy atom. The molecule has 1 saturated heterocycles. The summed E-state index contributed by atoms with van der Waals surface area (Å²) in [6.45, 7) is 7.23. The molecule has 1 saturated carbocycles. The van der Waals surface area contributed by atoms with Crippen LogP contribution in [0.4, 0.5) is 0 Å². The van der Waals surface area contributed by atoms with Gasteiger partial charge in [-0.15, -0.1) is 0 Å². The van der Waals surface area contributed by atoms with Crippen molar-refractivity contribution in [2.75, 3.05) is 26.2 Å². The van der Waals surface area contributed by atoms with Crippen LogP contribution in [0.1, 0.15) is 51.9 Å². The fourth-order valence-electron chi connectivity index (χ4n) is 2.57. The van der Waals surface area contributed by atoms with Crippen LogP contribution in [0, 0.1) is 5.92 Å². The first-order chi connectivity index (χ1) is 7.88. The molecule has 2 rings (SSSR count). The lowest BCUT2D eigenvalue weighted by atomic mass is 9.94. The zero-order chi connectivity index (χ0) is 11.2. The standard InChI is InChI=1S/C14H27NO/c1-2-3-9-15-10-7-13(8-11-15)12-16-14-5-4-6-14/h13-14H,2-12H2,1H3. The van der Waals surface area contributed by atoms with E-state index in [9.17, 15) is 0 Å². The van der Waals surface area contributed by atoms with Gasteiger partial charge in [-0.05, 0) is 64.1 Å². The number of ether oxygens (including phenoxy) is 1. The predicted molar refractivity (Wildman–Crippen MR) is 67.7 cm³/mol. The molecule has 0 aromatic carbocycles. The Hall–Kier alpha value is -0.0800. The molecule has 2 heteroatoms. The van der Waals surface area contributed by atoms with E-state index in [4.69, 9.17) is 4.74 Å². The fourth-order valence-corrected chi connectivity index (χ4v) is 2.57. The number of rotatable bonds is 6. The van der Waals surface area contributed by atoms with Crippen LogP contribution >= 0.6 is 0 Å². The van der Waals surface area contributed by atoms with E-state index in [-0.39, 0.29) is 0 Å². The highest BCUT2D eigenvalue weighted by Gasteiger charge is 2.22. The summed E-state index contributed by atoms with van der Waals surface area (Å²) in [5, 5.41) is 0. The zero-order valence-corrected chi connectivity index (χ0v) is 10.8. The molecule has 1 heterocycles. The molecule has 0 bridgehead atoms. The van der Waals surface area contributed by atoms with Crippen molar-refractivity contribution in [1.82, 2.24) is 4.90 Å². The molecule has 16 heavy (non-hydrogen) atoms. The van der Waals surface area contributed by atoms with Gasteiger partial charge in [0.1, 0.15) is 0 Å². The lowest BCUT2D eigenvalue weighted by Crippen LogP contribution is -2.36. The summed E-state index contributed by atoms with van der Waals surface area (Å²) in [5.41, 5.74) is 0. The lowest BCUT2D eigenvalue weighted by molar-refractivity contribution is -0.0259. The van der Waals surface area contributed by atoms with E-state index in [0.717, 1.165) is 12.5 Å². The number of likely N-dealkylation sites (tertiary alicyclic amines) is 1. The second kappa shape index (κ2) is 6.61. The van der Waals surface area contributed by atoms with E-state index in [2.05, 4.69) is 11.8 Å². The maximum absolute atomic E-state index is 5.92. The van der Waals surface area contributed by atoms with Crippen molar-refractivity contribution in [3.8, 4) is 0 Å². The number of unbranched alkanes of at least 4 members (excludes halogenated alkanes) is 1. The SMILES string of the molecule is CCCCN1CCC(COC2CCC2)CC1. The van der Waals surface area contributed by atoms with Crippen LogP contribution in [0.2, 0.25) is 0 Å². The quantitative estimate of drug-likeness (QED) is 0.689. The summed E-state index contributed by atoms with van der Waals surface area (Å²) in [6.07, 6.45) is 10.0. The number of nitrogens with zero attached hydrogens (tertiary/aromatic N) is 1. The van der Waals surface area contributed by atoms with Gasteiger partial charge in [-0.25, -0.2) is 0 Å². The summed E-state index contributed by atoms with van der Waals surface area (Å²) in [4.78, 5) is 2.63. The third kappa shape index (κ3) is 3.74. The minimum atomic E-state index is 0.623. The van der Waals surface area contributed by atoms with Gasteiger partial charge in [0.2, 0.25) is 0 Å². The first-order valence-electron chi connectivity index (χ1n) is 7.22. The van der Waals surface area contributed by atoms with Crippen molar-refractivity contribution in [3.05, 3.63) is 0 Å². The molecule has 0 aromatic heterocycles. The van der Waals surface area contributed by atoms with E-state index in [1.165, 1.54) is 64.6 Å². The molecule has 0 atom stereocenters. The third-order valence-corrected chi connectivity index (χ3v) is 4.15. The van der Waals surface area contributed by atoms with Crippen molar-refractivity contribution in [2.24, 2.45) is 5.92 Å². The monoisotopic (exact) mass is 225 g/mol. The molecule has 0 N–H and O–H groups in total. The Bertz CT molecular complexity index is 183. The predicted octanol–water partition coefficient (Wildman–Crippen LogP) is 3.07. The Labute approximate surface area is 100 Å². The Balaban J connectivity index is 1.53. The van der Waals surface area contributed by atoms with E-state index in [1.807, 2.05) is 0 Å². The molecule has 0 radical (unpaired) electrons. The van der Waals surface area contributed by atoms with Crippen LogP contribution < -0.4 is 0 Å². The van der Waals surface area contributed by atoms with Gasteiger partial charge in [0, 0.05) is 6.61 Å². The van der Waals surface area contributed by atoms with Crippen LogP contribution in [0.25, 0.3) is 0 Å². The van der Waals surface area contributed by atoms with Crippen LogP contribution in [-0.2, 0) is 4.74 Å². The number of hydrogen-bond acceptors (Lipinski definition) is 2. The van der Waals surface area contributed by atoms with Gasteiger partial charge in [0.05, 0.1) is 6.10 Å². The molecular weight excluding hydrogens is 198 g/mol. The minimum Gasteiger partial charge on any atom is -0.378 e. The highest BCUT2D eigenvalue weighted by atomic mass is 16.5. The van der Waals surface area contributed by atoms with E-state index in [1.54, 1.807) is 0 Å². The van der Waals surface area contributed by atoms with Gasteiger partial charge >= 0.3 is 0 Å². The number of piperidine rings is 1. The maximum Gasteiger partial charge on any atom is 0.0575 e. The first-order valence-corrected chi connectivity index (χ1v) is 7.22. The smallest absolute Gasteiger partial charge is 0.0575 e. The molecular formula is C14H27NO. The average Bonchev–Trinajstić information content (AvgIpc) is 2.26. The second-order valence-electron chi connectivity index (χ2n) is 5.52. The summed E-state index contributed by atoms with van der Waals surface area (Å²) < 4.78 is 5.92. The van der Waals surface area contributed by atoms with E-state index in [0.29, 0.717) is 6.10 Å². The zero-order valence-electron chi connectivity index (χ0n) is 10.8.